The minimum Gasteiger partial charge on any atom is -0.383 e. The van der Waals surface area contributed by atoms with Crippen molar-refractivity contribution in [2.24, 2.45) is 5.73 Å². The molecule has 5 nitrogen and oxygen atoms in total. The molecule has 0 bridgehead atoms. The fourth-order valence-corrected chi connectivity index (χ4v) is 0.434. The van der Waals surface area contributed by atoms with E-state index in [4.69, 9.17) is 5.11 Å². The molecule has 0 saturated heterocycles. The Labute approximate surface area is 63.9 Å². The van der Waals surface area contributed by atoms with Crippen molar-refractivity contribution in [3.8, 4) is 0 Å². The highest BCUT2D eigenvalue weighted by molar-refractivity contribution is 5.93. The fraction of sp³-hybridized carbons (Fsp3) is 0.333. The van der Waals surface area contributed by atoms with Crippen molar-refractivity contribution in [2.75, 3.05) is 6.54 Å². The molecule has 0 aliphatic rings. The lowest BCUT2D eigenvalue weighted by Crippen LogP contribution is -2.38. The number of aliphatic hydroxyl groups excluding tert-OH is 1. The summed E-state index contributed by atoms with van der Waals surface area (Å²) in [6.45, 7) is 2.97. The van der Waals surface area contributed by atoms with Gasteiger partial charge in [0.25, 0.3) is 0 Å². The molecular weight excluding hydrogens is 148 g/mol. The number of nitrogens with one attached hydrogen (secondary N) is 1. The average Bonchev–Trinajstić information content (AvgIpc) is 1.98. The first-order valence-corrected chi connectivity index (χ1v) is 2.95. The maximum atomic E-state index is 10.6. The first kappa shape index (κ1) is 9.64. The predicted molar refractivity (Wildman–Crippen MR) is 38.8 cm³/mol. The van der Waals surface area contributed by atoms with Crippen LogP contribution in [0.1, 0.15) is 0 Å². The molecule has 0 aliphatic carbocycles. The van der Waals surface area contributed by atoms with E-state index in [2.05, 4.69) is 17.6 Å². The number of amides is 2. The van der Waals surface area contributed by atoms with Gasteiger partial charge in [0.1, 0.15) is 6.10 Å². The molecule has 1 unspecified atom stereocenters. The van der Waals surface area contributed by atoms with Crippen molar-refractivity contribution in [3.63, 3.8) is 0 Å². The topological polar surface area (TPSA) is 92.4 Å². The molecule has 5 heteroatoms. The molecule has 0 aliphatic heterocycles. The Hall–Kier alpha value is -1.36. The maximum absolute atomic E-state index is 10.6. The van der Waals surface area contributed by atoms with E-state index >= 15 is 0 Å². The summed E-state index contributed by atoms with van der Waals surface area (Å²) in [7, 11) is 0. The Morgan fingerprint density at radius 3 is 2.64 bits per heavy atom. The van der Waals surface area contributed by atoms with E-state index in [0.29, 0.717) is 0 Å². The zero-order valence-corrected chi connectivity index (χ0v) is 5.91. The number of hydrogen-bond acceptors (Lipinski definition) is 3. The normalized spacial score (nSPS) is 11.7. The number of urea groups is 1. The standard InChI is InChI=1S/C6H10N2O3/c1-2-4(9)5(10)3-8-6(7)11/h2,5,10H,1,3H2,(H3,7,8,11). The monoisotopic (exact) mass is 158 g/mol. The van der Waals surface area contributed by atoms with Gasteiger partial charge in [0.15, 0.2) is 5.78 Å². The van der Waals surface area contributed by atoms with Gasteiger partial charge in [0, 0.05) is 0 Å². The van der Waals surface area contributed by atoms with Crippen LogP contribution in [0.5, 0.6) is 0 Å². The third kappa shape index (κ3) is 4.10. The molecule has 0 aromatic carbocycles. The molecule has 0 radical (unpaired) electrons. The summed E-state index contributed by atoms with van der Waals surface area (Å²) in [4.78, 5) is 20.6. The smallest absolute Gasteiger partial charge is 0.312 e. The second kappa shape index (κ2) is 4.45. The lowest BCUT2D eigenvalue weighted by atomic mass is 10.2. The molecule has 0 spiro atoms. The summed E-state index contributed by atoms with van der Waals surface area (Å²) in [5.41, 5.74) is 4.68. The molecule has 1 atom stereocenters. The van der Waals surface area contributed by atoms with E-state index < -0.39 is 17.9 Å². The van der Waals surface area contributed by atoms with Gasteiger partial charge in [-0.15, -0.1) is 0 Å². The largest absolute Gasteiger partial charge is 0.383 e. The number of carbonyl (C=O) groups is 2. The van der Waals surface area contributed by atoms with E-state index in [-0.39, 0.29) is 6.54 Å². The van der Waals surface area contributed by atoms with Gasteiger partial charge in [0.2, 0.25) is 0 Å². The number of carbonyl (C=O) groups excluding carboxylic acids is 2. The van der Waals surface area contributed by atoms with Gasteiger partial charge in [-0.05, 0) is 6.08 Å². The van der Waals surface area contributed by atoms with Crippen molar-refractivity contribution in [1.82, 2.24) is 5.32 Å². The Morgan fingerprint density at radius 1 is 1.73 bits per heavy atom. The lowest BCUT2D eigenvalue weighted by Gasteiger charge is -2.05. The Bertz CT molecular complexity index is 179. The SMILES string of the molecule is C=CC(=O)C(O)CNC(N)=O. The molecule has 0 rings (SSSR count). The van der Waals surface area contributed by atoms with E-state index in [1.54, 1.807) is 0 Å². The second-order valence-electron chi connectivity index (χ2n) is 1.87. The Morgan fingerprint density at radius 2 is 2.27 bits per heavy atom. The molecule has 11 heavy (non-hydrogen) atoms. The van der Waals surface area contributed by atoms with Crippen LogP contribution in [0.4, 0.5) is 4.79 Å². The maximum Gasteiger partial charge on any atom is 0.312 e. The molecule has 2 amide bonds. The van der Waals surface area contributed by atoms with Gasteiger partial charge in [-0.3, -0.25) is 4.79 Å². The third-order valence-corrected chi connectivity index (χ3v) is 0.999. The first-order valence-electron chi connectivity index (χ1n) is 2.95. The van der Waals surface area contributed by atoms with Crippen LogP contribution in [0.3, 0.4) is 0 Å². The van der Waals surface area contributed by atoms with E-state index in [0.717, 1.165) is 6.08 Å². The molecule has 0 saturated carbocycles. The van der Waals surface area contributed by atoms with Crippen molar-refractivity contribution in [2.45, 2.75) is 6.10 Å². The number of aliphatic hydroxyl groups is 1. The number of hydrogen-bond donors (Lipinski definition) is 3. The highest BCUT2D eigenvalue weighted by Gasteiger charge is 2.10. The van der Waals surface area contributed by atoms with Crippen LogP contribution in [0, 0.1) is 0 Å². The van der Waals surface area contributed by atoms with Gasteiger partial charge in [-0.2, -0.15) is 0 Å². The van der Waals surface area contributed by atoms with Crippen LogP contribution in [0.15, 0.2) is 12.7 Å². The van der Waals surface area contributed by atoms with E-state index in [1.807, 2.05) is 0 Å². The Kier molecular flexibility index (Phi) is 3.90. The molecule has 0 aromatic rings. The van der Waals surface area contributed by atoms with Gasteiger partial charge in [0.05, 0.1) is 6.54 Å². The van der Waals surface area contributed by atoms with Crippen molar-refractivity contribution in [3.05, 3.63) is 12.7 Å². The number of rotatable bonds is 4. The summed E-state index contributed by atoms with van der Waals surface area (Å²) >= 11 is 0. The summed E-state index contributed by atoms with van der Waals surface area (Å²) in [6.07, 6.45) is -0.270. The molecule has 0 fully saturated rings. The quantitative estimate of drug-likeness (QED) is 0.447. The van der Waals surface area contributed by atoms with Crippen LogP contribution in [0.2, 0.25) is 0 Å². The lowest BCUT2D eigenvalue weighted by molar-refractivity contribution is -0.121. The third-order valence-electron chi connectivity index (χ3n) is 0.999. The molecular formula is C6H10N2O3. The summed E-state index contributed by atoms with van der Waals surface area (Å²) in [5, 5.41) is 11.0. The van der Waals surface area contributed by atoms with Crippen LogP contribution in [-0.2, 0) is 4.79 Å². The van der Waals surface area contributed by atoms with E-state index in [1.165, 1.54) is 0 Å². The number of primary amides is 1. The zero-order chi connectivity index (χ0) is 8.85. The minimum atomic E-state index is -1.25. The fourth-order valence-electron chi connectivity index (χ4n) is 0.434. The second-order valence-corrected chi connectivity index (χ2v) is 1.87. The van der Waals surface area contributed by atoms with E-state index in [9.17, 15) is 9.59 Å². The van der Waals surface area contributed by atoms with Crippen LogP contribution < -0.4 is 11.1 Å². The summed E-state index contributed by atoms with van der Waals surface area (Å²) in [5.74, 6) is -0.543. The average molecular weight is 158 g/mol. The van der Waals surface area contributed by atoms with Crippen LogP contribution in [-0.4, -0.2) is 29.6 Å². The minimum absolute atomic E-state index is 0.180. The number of ketones is 1. The first-order chi connectivity index (χ1) is 5.07. The highest BCUT2D eigenvalue weighted by atomic mass is 16.3. The molecule has 0 aromatic heterocycles. The summed E-state index contributed by atoms with van der Waals surface area (Å²) < 4.78 is 0. The van der Waals surface area contributed by atoms with Gasteiger partial charge in [-0.1, -0.05) is 6.58 Å². The van der Waals surface area contributed by atoms with Crippen LogP contribution >= 0.6 is 0 Å². The Balaban J connectivity index is 3.68. The summed E-state index contributed by atoms with van der Waals surface area (Å²) in [6, 6.07) is -0.777. The van der Waals surface area contributed by atoms with Gasteiger partial charge < -0.3 is 16.2 Å². The molecule has 4 N–H and O–H groups in total. The molecule has 62 valence electrons. The molecule has 0 heterocycles. The van der Waals surface area contributed by atoms with Gasteiger partial charge >= 0.3 is 6.03 Å². The van der Waals surface area contributed by atoms with Crippen molar-refractivity contribution in [1.29, 1.82) is 0 Å². The van der Waals surface area contributed by atoms with Crippen LogP contribution in [0.25, 0.3) is 0 Å². The van der Waals surface area contributed by atoms with Gasteiger partial charge in [-0.25, -0.2) is 4.79 Å². The highest BCUT2D eigenvalue weighted by Crippen LogP contribution is 1.83. The predicted octanol–water partition coefficient (Wildman–Crippen LogP) is -1.23. The van der Waals surface area contributed by atoms with Crippen molar-refractivity contribution < 1.29 is 14.7 Å². The number of nitrogens with two attached hydrogens (primary N) is 1. The van der Waals surface area contributed by atoms with Crippen molar-refractivity contribution >= 4 is 11.8 Å². The zero-order valence-electron chi connectivity index (χ0n) is 5.91.